The molecule has 1 heterocycles. The number of hydrogen-bond acceptors (Lipinski definition) is 7. The minimum atomic E-state index is -0.444. The Labute approximate surface area is 373 Å². The van der Waals surface area contributed by atoms with E-state index in [1.165, 1.54) is 193 Å². The van der Waals surface area contributed by atoms with Crippen molar-refractivity contribution in [2.75, 3.05) is 46.7 Å². The van der Waals surface area contributed by atoms with E-state index in [0.29, 0.717) is 32.8 Å². The average Bonchev–Trinajstić information content (AvgIpc) is 3.62. The van der Waals surface area contributed by atoms with Crippen molar-refractivity contribution in [2.24, 2.45) is 0 Å². The van der Waals surface area contributed by atoms with Crippen LogP contribution in [0.1, 0.15) is 253 Å². The zero-order chi connectivity index (χ0) is 43.8. The summed E-state index contributed by atoms with van der Waals surface area (Å²) in [5.74, 6) is 0. The van der Waals surface area contributed by atoms with E-state index in [4.69, 9.17) is 28.4 Å². The van der Waals surface area contributed by atoms with Crippen LogP contribution in [0.2, 0.25) is 0 Å². The van der Waals surface area contributed by atoms with Gasteiger partial charge in [0.15, 0.2) is 0 Å². The first-order valence-corrected chi connectivity index (χ1v) is 26.1. The van der Waals surface area contributed by atoms with E-state index in [-0.39, 0.29) is 30.5 Å². The number of methoxy groups -OCH3 is 1. The zero-order valence-corrected chi connectivity index (χ0v) is 41.2. The SMILES string of the molecule is CCCCCCCCCCCCCCCCCCOC1COC(COC(=O)NCCC(C)(C)OCC(C)(C)OC)C1OCCCCCCCCCCCCCCCCCC. The van der Waals surface area contributed by atoms with Gasteiger partial charge in [-0.15, -0.1) is 0 Å². The fourth-order valence-electron chi connectivity index (χ4n) is 8.08. The molecule has 0 aromatic rings. The van der Waals surface area contributed by atoms with Crippen molar-refractivity contribution in [1.29, 1.82) is 0 Å². The normalized spacial score (nSPS) is 17.1. The molecule has 0 saturated carbocycles. The lowest BCUT2D eigenvalue weighted by atomic mass is 10.0. The predicted molar refractivity (Wildman–Crippen MR) is 253 cm³/mol. The molecule has 0 aromatic carbocycles. The van der Waals surface area contributed by atoms with Gasteiger partial charge in [-0.1, -0.05) is 206 Å². The Bertz CT molecular complexity index is 930. The molecule has 0 aliphatic carbocycles. The maximum atomic E-state index is 12.7. The first kappa shape index (κ1) is 57.1. The Balaban J connectivity index is 2.32. The van der Waals surface area contributed by atoms with Crippen LogP contribution in [0.3, 0.4) is 0 Å². The number of nitrogens with one attached hydrogen (secondary N) is 1. The Morgan fingerprint density at radius 1 is 0.550 bits per heavy atom. The molecule has 0 bridgehead atoms. The molecule has 1 amide bonds. The summed E-state index contributed by atoms with van der Waals surface area (Å²) in [6, 6.07) is 0. The highest BCUT2D eigenvalue weighted by atomic mass is 16.6. The fraction of sp³-hybridized carbons (Fsp3) is 0.981. The van der Waals surface area contributed by atoms with Crippen molar-refractivity contribution in [3.8, 4) is 0 Å². The third-order valence-electron chi connectivity index (χ3n) is 12.6. The second-order valence-corrected chi connectivity index (χ2v) is 19.5. The van der Waals surface area contributed by atoms with Gasteiger partial charge in [-0.2, -0.15) is 0 Å². The lowest BCUT2D eigenvalue weighted by Crippen LogP contribution is -2.40. The maximum Gasteiger partial charge on any atom is 0.407 e. The van der Waals surface area contributed by atoms with E-state index in [1.807, 2.05) is 27.7 Å². The highest BCUT2D eigenvalue weighted by molar-refractivity contribution is 5.67. The van der Waals surface area contributed by atoms with Gasteiger partial charge in [0.2, 0.25) is 0 Å². The molecule has 1 N–H and O–H groups in total. The molecule has 1 aliphatic heterocycles. The standard InChI is InChI=1S/C52H103NO7/c1-8-10-12-14-16-18-20-22-24-26-28-30-32-34-36-38-42-56-47-44-58-48(45-59-50(54)53-41-40-51(3,4)60-46-52(5,6)55-7)49(47)57-43-39-37-35-33-31-29-27-25-23-21-19-17-15-13-11-9-2/h47-49H,8-46H2,1-7H3,(H,53,54). The van der Waals surface area contributed by atoms with Gasteiger partial charge >= 0.3 is 6.09 Å². The van der Waals surface area contributed by atoms with Crippen LogP contribution in [0.25, 0.3) is 0 Å². The number of unbranched alkanes of at least 4 members (excludes halogenated alkanes) is 30. The monoisotopic (exact) mass is 854 g/mol. The number of alkyl carbamates (subject to hydrolysis) is 1. The van der Waals surface area contributed by atoms with Crippen molar-refractivity contribution in [3.63, 3.8) is 0 Å². The van der Waals surface area contributed by atoms with E-state index in [2.05, 4.69) is 19.2 Å². The van der Waals surface area contributed by atoms with Gasteiger partial charge in [-0.25, -0.2) is 4.79 Å². The summed E-state index contributed by atoms with van der Waals surface area (Å²) in [7, 11) is 1.69. The van der Waals surface area contributed by atoms with Gasteiger partial charge in [-0.3, -0.25) is 0 Å². The van der Waals surface area contributed by atoms with Crippen LogP contribution in [-0.4, -0.2) is 82.3 Å². The summed E-state index contributed by atoms with van der Waals surface area (Å²) in [6.45, 7) is 15.6. The van der Waals surface area contributed by atoms with E-state index in [9.17, 15) is 4.79 Å². The van der Waals surface area contributed by atoms with Crippen LogP contribution < -0.4 is 5.32 Å². The summed E-state index contributed by atoms with van der Waals surface area (Å²) in [5.41, 5.74) is -0.761. The number of rotatable bonds is 45. The molecule has 0 spiro atoms. The summed E-state index contributed by atoms with van der Waals surface area (Å²) in [6.07, 6.45) is 42.9. The molecule has 1 aliphatic rings. The maximum absolute atomic E-state index is 12.7. The van der Waals surface area contributed by atoms with E-state index >= 15 is 0 Å². The number of carbonyl (C=O) groups excluding carboxylic acids is 1. The van der Waals surface area contributed by atoms with Crippen molar-refractivity contribution in [3.05, 3.63) is 0 Å². The van der Waals surface area contributed by atoms with Crippen LogP contribution in [0.15, 0.2) is 0 Å². The molecule has 8 nitrogen and oxygen atoms in total. The highest BCUT2D eigenvalue weighted by Gasteiger charge is 2.39. The van der Waals surface area contributed by atoms with Crippen molar-refractivity contribution in [1.82, 2.24) is 5.32 Å². The summed E-state index contributed by atoms with van der Waals surface area (Å²) in [5, 5.41) is 2.89. The van der Waals surface area contributed by atoms with E-state index in [0.717, 1.165) is 19.4 Å². The van der Waals surface area contributed by atoms with Gasteiger partial charge in [0.1, 0.15) is 24.9 Å². The molecular formula is C52H103NO7. The van der Waals surface area contributed by atoms with Crippen molar-refractivity contribution in [2.45, 2.75) is 283 Å². The van der Waals surface area contributed by atoms with Crippen LogP contribution in [0.4, 0.5) is 4.79 Å². The molecule has 3 atom stereocenters. The first-order chi connectivity index (χ1) is 29.1. The minimum absolute atomic E-state index is 0.131. The van der Waals surface area contributed by atoms with E-state index in [1.54, 1.807) is 7.11 Å². The highest BCUT2D eigenvalue weighted by Crippen LogP contribution is 2.24. The molecule has 8 heteroatoms. The number of carbonyl (C=O) groups is 1. The molecule has 1 rings (SSSR count). The molecular weight excluding hydrogens is 751 g/mol. The quantitative estimate of drug-likeness (QED) is 0.0611. The van der Waals surface area contributed by atoms with Crippen molar-refractivity contribution >= 4 is 6.09 Å². The van der Waals surface area contributed by atoms with Crippen LogP contribution in [-0.2, 0) is 28.4 Å². The Kier molecular flexibility index (Phi) is 37.7. The largest absolute Gasteiger partial charge is 0.447 e. The number of ether oxygens (including phenoxy) is 6. The fourth-order valence-corrected chi connectivity index (χ4v) is 8.08. The third-order valence-corrected chi connectivity index (χ3v) is 12.6. The van der Waals surface area contributed by atoms with Crippen LogP contribution in [0, 0.1) is 0 Å². The lowest BCUT2D eigenvalue weighted by molar-refractivity contribution is -0.108. The predicted octanol–water partition coefficient (Wildman–Crippen LogP) is 15.0. The summed E-state index contributed by atoms with van der Waals surface area (Å²) in [4.78, 5) is 12.7. The topological polar surface area (TPSA) is 84.5 Å². The number of amides is 1. The molecule has 1 fully saturated rings. The summed E-state index contributed by atoms with van der Waals surface area (Å²) >= 11 is 0. The molecule has 358 valence electrons. The smallest absolute Gasteiger partial charge is 0.407 e. The molecule has 3 unspecified atom stereocenters. The zero-order valence-electron chi connectivity index (χ0n) is 41.2. The van der Waals surface area contributed by atoms with Crippen LogP contribution in [0.5, 0.6) is 0 Å². The molecule has 0 radical (unpaired) electrons. The molecule has 60 heavy (non-hydrogen) atoms. The second kappa shape index (κ2) is 39.6. The molecule has 0 aromatic heterocycles. The summed E-state index contributed by atoms with van der Waals surface area (Å²) < 4.78 is 36.2. The van der Waals surface area contributed by atoms with Gasteiger partial charge in [0, 0.05) is 26.9 Å². The minimum Gasteiger partial charge on any atom is -0.447 e. The molecule has 1 saturated heterocycles. The Hall–Kier alpha value is -0.930. The lowest BCUT2D eigenvalue weighted by Gasteiger charge is -2.31. The second-order valence-electron chi connectivity index (χ2n) is 19.5. The Morgan fingerprint density at radius 3 is 1.33 bits per heavy atom. The van der Waals surface area contributed by atoms with Gasteiger partial charge in [-0.05, 0) is 47.0 Å². The first-order valence-electron chi connectivity index (χ1n) is 26.1. The van der Waals surface area contributed by atoms with Gasteiger partial charge in [0.25, 0.3) is 0 Å². The average molecular weight is 854 g/mol. The van der Waals surface area contributed by atoms with Gasteiger partial charge in [0.05, 0.1) is 24.4 Å². The number of hydrogen-bond donors (Lipinski definition) is 1. The van der Waals surface area contributed by atoms with E-state index < -0.39 is 11.7 Å². The van der Waals surface area contributed by atoms with Crippen molar-refractivity contribution < 1.29 is 33.2 Å². The van der Waals surface area contributed by atoms with Crippen LogP contribution >= 0.6 is 0 Å². The third kappa shape index (κ3) is 34.5. The Morgan fingerprint density at radius 2 is 0.933 bits per heavy atom. The van der Waals surface area contributed by atoms with Gasteiger partial charge < -0.3 is 33.7 Å².